The molecule has 0 radical (unpaired) electrons. The van der Waals surface area contributed by atoms with Crippen LogP contribution in [0, 0.1) is 6.92 Å². The van der Waals surface area contributed by atoms with Crippen LogP contribution in [0.1, 0.15) is 22.7 Å². The first-order valence-corrected chi connectivity index (χ1v) is 11.0. The van der Waals surface area contributed by atoms with Crippen LogP contribution >= 0.6 is 0 Å². The van der Waals surface area contributed by atoms with Crippen LogP contribution < -0.4 is 10.0 Å². The summed E-state index contributed by atoms with van der Waals surface area (Å²) in [4.78, 5) is 0.177. The summed E-state index contributed by atoms with van der Waals surface area (Å²) >= 11 is 0. The van der Waals surface area contributed by atoms with Gasteiger partial charge in [0, 0.05) is 6.54 Å². The molecule has 152 valence electrons. The summed E-state index contributed by atoms with van der Waals surface area (Å²) in [7, 11) is -3.77. The van der Waals surface area contributed by atoms with Gasteiger partial charge in [-0.05, 0) is 30.2 Å². The molecule has 6 heteroatoms. The molecule has 0 aromatic heterocycles. The van der Waals surface area contributed by atoms with Gasteiger partial charge in [-0.25, -0.2) is 13.1 Å². The van der Waals surface area contributed by atoms with Crippen molar-refractivity contribution in [3.05, 3.63) is 102 Å². The van der Waals surface area contributed by atoms with E-state index in [0.717, 1.165) is 16.7 Å². The van der Waals surface area contributed by atoms with Crippen LogP contribution in [0.15, 0.2) is 89.8 Å². The zero-order valence-electron chi connectivity index (χ0n) is 16.3. The average molecular weight is 411 g/mol. The second-order valence-corrected chi connectivity index (χ2v) is 8.69. The van der Waals surface area contributed by atoms with Crippen molar-refractivity contribution in [1.82, 2.24) is 10.0 Å². The highest BCUT2D eigenvalue weighted by Gasteiger charge is 2.27. The van der Waals surface area contributed by atoms with Crippen molar-refractivity contribution < 1.29 is 13.5 Å². The van der Waals surface area contributed by atoms with Gasteiger partial charge in [-0.2, -0.15) is 0 Å². The molecule has 0 amide bonds. The molecule has 3 rings (SSSR count). The lowest BCUT2D eigenvalue weighted by Crippen LogP contribution is -2.46. The molecule has 0 saturated heterocycles. The summed E-state index contributed by atoms with van der Waals surface area (Å²) < 4.78 is 28.4. The van der Waals surface area contributed by atoms with Gasteiger partial charge < -0.3 is 10.4 Å². The first kappa shape index (κ1) is 21.2. The molecule has 0 bridgehead atoms. The number of sulfonamides is 1. The highest BCUT2D eigenvalue weighted by Crippen LogP contribution is 2.20. The average Bonchev–Trinajstić information content (AvgIpc) is 2.75. The molecule has 0 fully saturated rings. The Labute approximate surface area is 172 Å². The Bertz CT molecular complexity index is 991. The standard InChI is InChI=1S/C23H26N2O3S/c1-18-12-14-21(15-13-18)29(27,28)25-22(17-26)23(20-10-6-3-7-11-20)24-16-19-8-4-2-5-9-19/h2-15,22-26H,16-17H2,1H3/t22-,23+/m1/s1. The highest BCUT2D eigenvalue weighted by atomic mass is 32.2. The van der Waals surface area contributed by atoms with E-state index in [0.29, 0.717) is 6.54 Å². The molecule has 2 atom stereocenters. The Morgan fingerprint density at radius 1 is 0.862 bits per heavy atom. The molecule has 0 saturated carbocycles. The predicted octanol–water partition coefficient (Wildman–Crippen LogP) is 3.17. The second-order valence-electron chi connectivity index (χ2n) is 6.98. The zero-order chi connectivity index (χ0) is 20.7. The summed E-state index contributed by atoms with van der Waals surface area (Å²) in [5.74, 6) is 0. The summed E-state index contributed by atoms with van der Waals surface area (Å²) in [6, 6.07) is 24.9. The molecule has 0 spiro atoms. The number of aryl methyl sites for hydroxylation is 1. The summed E-state index contributed by atoms with van der Waals surface area (Å²) in [5.41, 5.74) is 2.95. The van der Waals surface area contributed by atoms with Crippen molar-refractivity contribution in [2.45, 2.75) is 30.4 Å². The lowest BCUT2D eigenvalue weighted by atomic mass is 10.00. The largest absolute Gasteiger partial charge is 0.395 e. The topological polar surface area (TPSA) is 78.4 Å². The fourth-order valence-corrected chi connectivity index (χ4v) is 4.41. The van der Waals surface area contributed by atoms with Gasteiger partial charge in [0.1, 0.15) is 0 Å². The number of rotatable bonds is 9. The van der Waals surface area contributed by atoms with Crippen molar-refractivity contribution in [3.8, 4) is 0 Å². The molecule has 0 aliphatic heterocycles. The van der Waals surface area contributed by atoms with Crippen LogP contribution in [0.3, 0.4) is 0 Å². The van der Waals surface area contributed by atoms with Crippen molar-refractivity contribution >= 4 is 10.0 Å². The van der Waals surface area contributed by atoms with Gasteiger partial charge in [0.2, 0.25) is 10.0 Å². The maximum Gasteiger partial charge on any atom is 0.240 e. The molecule has 0 unspecified atom stereocenters. The van der Waals surface area contributed by atoms with Crippen molar-refractivity contribution in [1.29, 1.82) is 0 Å². The smallest absolute Gasteiger partial charge is 0.240 e. The molecule has 0 aliphatic carbocycles. The van der Waals surface area contributed by atoms with E-state index in [9.17, 15) is 13.5 Å². The third-order valence-electron chi connectivity index (χ3n) is 4.76. The van der Waals surface area contributed by atoms with Gasteiger partial charge in [0.05, 0.1) is 23.6 Å². The highest BCUT2D eigenvalue weighted by molar-refractivity contribution is 7.89. The quantitative estimate of drug-likeness (QED) is 0.506. The van der Waals surface area contributed by atoms with E-state index < -0.39 is 22.1 Å². The van der Waals surface area contributed by atoms with E-state index in [2.05, 4.69) is 10.0 Å². The molecular formula is C23H26N2O3S. The molecule has 5 nitrogen and oxygen atoms in total. The maximum atomic E-state index is 12.9. The Hall–Kier alpha value is -2.51. The summed E-state index contributed by atoms with van der Waals surface area (Å²) in [6.07, 6.45) is 0. The van der Waals surface area contributed by atoms with Gasteiger partial charge in [-0.1, -0.05) is 78.4 Å². The normalized spacial score (nSPS) is 13.7. The Morgan fingerprint density at radius 3 is 2.03 bits per heavy atom. The molecule has 0 heterocycles. The lowest BCUT2D eigenvalue weighted by Gasteiger charge is -2.28. The predicted molar refractivity (Wildman–Crippen MR) is 115 cm³/mol. The van der Waals surface area contributed by atoms with Gasteiger partial charge in [-0.3, -0.25) is 0 Å². The van der Waals surface area contributed by atoms with Crippen molar-refractivity contribution in [3.63, 3.8) is 0 Å². The van der Waals surface area contributed by atoms with E-state index in [-0.39, 0.29) is 11.5 Å². The lowest BCUT2D eigenvalue weighted by molar-refractivity contribution is 0.225. The van der Waals surface area contributed by atoms with Crippen LogP contribution in [0.5, 0.6) is 0 Å². The van der Waals surface area contributed by atoms with E-state index >= 15 is 0 Å². The van der Waals surface area contributed by atoms with E-state index in [1.807, 2.05) is 67.6 Å². The first-order valence-electron chi connectivity index (χ1n) is 9.52. The van der Waals surface area contributed by atoms with E-state index in [4.69, 9.17) is 0 Å². The van der Waals surface area contributed by atoms with Gasteiger partial charge in [0.15, 0.2) is 0 Å². The Morgan fingerprint density at radius 2 is 1.45 bits per heavy atom. The molecular weight excluding hydrogens is 384 g/mol. The van der Waals surface area contributed by atoms with Crippen LogP contribution in [-0.2, 0) is 16.6 Å². The molecule has 0 aliphatic rings. The molecule has 3 aromatic rings. The van der Waals surface area contributed by atoms with Crippen LogP contribution in [0.2, 0.25) is 0 Å². The number of aliphatic hydroxyl groups excluding tert-OH is 1. The zero-order valence-corrected chi connectivity index (χ0v) is 17.1. The third-order valence-corrected chi connectivity index (χ3v) is 6.27. The monoisotopic (exact) mass is 410 g/mol. The van der Waals surface area contributed by atoms with Crippen LogP contribution in [0.25, 0.3) is 0 Å². The van der Waals surface area contributed by atoms with E-state index in [1.54, 1.807) is 24.3 Å². The number of hydrogen-bond donors (Lipinski definition) is 3. The van der Waals surface area contributed by atoms with Crippen molar-refractivity contribution in [2.75, 3.05) is 6.61 Å². The minimum absolute atomic E-state index is 0.177. The minimum Gasteiger partial charge on any atom is -0.395 e. The van der Waals surface area contributed by atoms with Crippen LogP contribution in [-0.4, -0.2) is 26.2 Å². The Kier molecular flexibility index (Phi) is 7.17. The third kappa shape index (κ3) is 5.74. The molecule has 29 heavy (non-hydrogen) atoms. The van der Waals surface area contributed by atoms with Gasteiger partial charge in [0.25, 0.3) is 0 Å². The summed E-state index contributed by atoms with van der Waals surface area (Å²) in [5, 5.41) is 13.4. The summed E-state index contributed by atoms with van der Waals surface area (Å²) in [6.45, 7) is 2.11. The van der Waals surface area contributed by atoms with E-state index in [1.165, 1.54) is 0 Å². The van der Waals surface area contributed by atoms with Gasteiger partial charge >= 0.3 is 0 Å². The molecule has 3 aromatic carbocycles. The Balaban J connectivity index is 1.84. The molecule has 3 N–H and O–H groups in total. The second kappa shape index (κ2) is 9.80. The number of benzene rings is 3. The number of nitrogens with one attached hydrogen (secondary N) is 2. The first-order chi connectivity index (χ1) is 14.0. The number of hydrogen-bond acceptors (Lipinski definition) is 4. The maximum absolute atomic E-state index is 12.9. The van der Waals surface area contributed by atoms with Gasteiger partial charge in [-0.15, -0.1) is 0 Å². The van der Waals surface area contributed by atoms with Crippen molar-refractivity contribution in [2.24, 2.45) is 0 Å². The fourth-order valence-electron chi connectivity index (χ4n) is 3.17. The SMILES string of the molecule is Cc1ccc(S(=O)(=O)N[C@H](CO)[C@@H](NCc2ccccc2)c2ccccc2)cc1. The van der Waals surface area contributed by atoms with Crippen LogP contribution in [0.4, 0.5) is 0 Å². The number of aliphatic hydroxyl groups is 1. The minimum atomic E-state index is -3.77. The fraction of sp³-hybridized carbons (Fsp3) is 0.217.